The molecule has 0 spiro atoms. The van der Waals surface area contributed by atoms with E-state index in [0.29, 0.717) is 0 Å². The second-order valence-electron chi connectivity index (χ2n) is 2.57. The number of nitrogens with one attached hydrogen (secondary N) is 1. The summed E-state index contributed by atoms with van der Waals surface area (Å²) in [5.74, 6) is 1.52. The van der Waals surface area contributed by atoms with Crippen molar-refractivity contribution >= 4 is 9.39 Å². The van der Waals surface area contributed by atoms with E-state index in [1.54, 1.807) is 14.2 Å². The summed E-state index contributed by atoms with van der Waals surface area (Å²) in [5, 5.41) is 2.99. The molecule has 1 unspecified atom stereocenters. The molecule has 0 bridgehead atoms. The lowest BCUT2D eigenvalue weighted by Crippen LogP contribution is -1.98. The molecule has 1 rings (SSSR count). The molecule has 4 heteroatoms. The Morgan fingerprint density at radius 3 is 2.46 bits per heavy atom. The van der Waals surface area contributed by atoms with Crippen molar-refractivity contribution in [3.8, 4) is 11.5 Å². The highest BCUT2D eigenvalue weighted by atomic mass is 31.0. The molecule has 0 aliphatic rings. The molecule has 1 N–H and O–H groups in total. The van der Waals surface area contributed by atoms with Gasteiger partial charge in [0.25, 0.3) is 0 Å². The average Bonchev–Trinajstić information content (AvgIpc) is 2.18. The molecule has 0 radical (unpaired) electrons. The van der Waals surface area contributed by atoms with Crippen molar-refractivity contribution in [1.82, 2.24) is 5.09 Å². The third-order valence-corrected chi connectivity index (χ3v) is 1.96. The predicted molar refractivity (Wildman–Crippen MR) is 56.1 cm³/mol. The number of hydrogen-bond donors (Lipinski definition) is 1. The van der Waals surface area contributed by atoms with Crippen LogP contribution in [0.3, 0.4) is 0 Å². The molecule has 0 heterocycles. The van der Waals surface area contributed by atoms with Gasteiger partial charge in [-0.05, 0) is 17.7 Å². The van der Waals surface area contributed by atoms with Gasteiger partial charge in [0, 0.05) is 6.54 Å². The number of hydrogen-bond acceptors (Lipinski definition) is 3. The molecule has 13 heavy (non-hydrogen) atoms. The average molecular weight is 199 g/mol. The van der Waals surface area contributed by atoms with E-state index < -0.39 is 0 Å². The molecule has 0 amide bonds. The van der Waals surface area contributed by atoms with Crippen LogP contribution in [0.5, 0.6) is 11.5 Å². The van der Waals surface area contributed by atoms with E-state index in [1.807, 2.05) is 18.2 Å². The maximum atomic E-state index is 5.16. The van der Waals surface area contributed by atoms with Gasteiger partial charge in [0.05, 0.1) is 14.2 Å². The predicted octanol–water partition coefficient (Wildman–Crippen LogP) is 1.58. The fraction of sp³-hybridized carbons (Fsp3) is 0.333. The Hall–Kier alpha value is -0.790. The Morgan fingerprint density at radius 2 is 1.92 bits per heavy atom. The second kappa shape index (κ2) is 5.05. The summed E-state index contributed by atoms with van der Waals surface area (Å²) in [6.45, 7) is 0.797. The van der Waals surface area contributed by atoms with Crippen LogP contribution in [0.2, 0.25) is 0 Å². The van der Waals surface area contributed by atoms with E-state index in [-0.39, 0.29) is 0 Å². The molecular formula is C9H14NO2P. The normalized spacial score (nSPS) is 9.77. The van der Waals surface area contributed by atoms with Gasteiger partial charge >= 0.3 is 0 Å². The zero-order chi connectivity index (χ0) is 9.68. The molecule has 0 aliphatic carbocycles. The molecule has 0 aromatic heterocycles. The van der Waals surface area contributed by atoms with Crippen molar-refractivity contribution < 1.29 is 9.47 Å². The smallest absolute Gasteiger partial charge is 0.161 e. The van der Waals surface area contributed by atoms with Crippen LogP contribution in [0.25, 0.3) is 0 Å². The van der Waals surface area contributed by atoms with Gasteiger partial charge in [-0.15, -0.1) is 0 Å². The quantitative estimate of drug-likeness (QED) is 0.747. The Labute approximate surface area is 80.7 Å². The van der Waals surface area contributed by atoms with Gasteiger partial charge in [-0.25, -0.2) is 0 Å². The maximum absolute atomic E-state index is 5.16. The minimum absolute atomic E-state index is 0.759. The summed E-state index contributed by atoms with van der Waals surface area (Å²) in [6, 6.07) is 5.85. The number of ether oxygens (including phenoxy) is 2. The van der Waals surface area contributed by atoms with E-state index in [9.17, 15) is 0 Å². The van der Waals surface area contributed by atoms with Crippen molar-refractivity contribution in [2.75, 3.05) is 14.2 Å². The summed E-state index contributed by atoms with van der Waals surface area (Å²) >= 11 is 0. The molecule has 72 valence electrons. The third-order valence-electron chi connectivity index (χ3n) is 1.75. The number of rotatable bonds is 4. The summed E-state index contributed by atoms with van der Waals surface area (Å²) in [7, 11) is 5.73. The van der Waals surface area contributed by atoms with Gasteiger partial charge in [-0.2, -0.15) is 0 Å². The van der Waals surface area contributed by atoms with Crippen LogP contribution in [0, 0.1) is 0 Å². The minimum atomic E-state index is 0.759. The fourth-order valence-electron chi connectivity index (χ4n) is 1.11. The van der Waals surface area contributed by atoms with Crippen LogP contribution in [0.1, 0.15) is 5.56 Å². The lowest BCUT2D eigenvalue weighted by molar-refractivity contribution is 0.354. The molecule has 0 saturated heterocycles. The zero-order valence-electron chi connectivity index (χ0n) is 7.83. The van der Waals surface area contributed by atoms with E-state index in [4.69, 9.17) is 9.47 Å². The SMILES string of the molecule is COc1ccc(CNP)cc1OC. The van der Waals surface area contributed by atoms with Crippen LogP contribution in [-0.2, 0) is 6.54 Å². The molecule has 0 fully saturated rings. The Bertz CT molecular complexity index is 278. The van der Waals surface area contributed by atoms with E-state index in [0.717, 1.165) is 23.6 Å². The number of methoxy groups -OCH3 is 2. The molecule has 0 saturated carbocycles. The summed E-state index contributed by atoms with van der Waals surface area (Å²) in [6.07, 6.45) is 0. The summed E-state index contributed by atoms with van der Waals surface area (Å²) in [4.78, 5) is 0. The summed E-state index contributed by atoms with van der Waals surface area (Å²) < 4.78 is 10.3. The van der Waals surface area contributed by atoms with Crippen LogP contribution in [-0.4, -0.2) is 14.2 Å². The first kappa shape index (κ1) is 10.3. The lowest BCUT2D eigenvalue weighted by Gasteiger charge is -2.08. The first-order valence-electron chi connectivity index (χ1n) is 3.96. The molecule has 1 atom stereocenters. The van der Waals surface area contributed by atoms with Crippen LogP contribution in [0.4, 0.5) is 0 Å². The fourth-order valence-corrected chi connectivity index (χ4v) is 1.34. The monoisotopic (exact) mass is 199 g/mol. The molecule has 1 aromatic rings. The van der Waals surface area contributed by atoms with Gasteiger partial charge in [0.15, 0.2) is 11.5 Å². The number of benzene rings is 1. The minimum Gasteiger partial charge on any atom is -0.493 e. The van der Waals surface area contributed by atoms with Gasteiger partial charge in [0.2, 0.25) is 0 Å². The highest BCUT2D eigenvalue weighted by molar-refractivity contribution is 7.13. The topological polar surface area (TPSA) is 30.5 Å². The van der Waals surface area contributed by atoms with Gasteiger partial charge in [-0.1, -0.05) is 15.5 Å². The van der Waals surface area contributed by atoms with Gasteiger partial charge < -0.3 is 9.47 Å². The zero-order valence-corrected chi connectivity index (χ0v) is 8.99. The van der Waals surface area contributed by atoms with Crippen molar-refractivity contribution in [2.24, 2.45) is 0 Å². The second-order valence-corrected chi connectivity index (χ2v) is 2.98. The standard InChI is InChI=1S/C9H14NO2P/c1-11-8-4-3-7(6-10-13)5-9(8)12-2/h3-5,10H,6,13H2,1-2H3. The highest BCUT2D eigenvalue weighted by Gasteiger charge is 2.02. The third kappa shape index (κ3) is 2.58. The molecular weight excluding hydrogens is 185 g/mol. The van der Waals surface area contributed by atoms with Gasteiger partial charge in [0.1, 0.15) is 0 Å². The van der Waals surface area contributed by atoms with Crippen molar-refractivity contribution in [3.05, 3.63) is 23.8 Å². The first-order valence-corrected chi connectivity index (χ1v) is 4.54. The maximum Gasteiger partial charge on any atom is 0.161 e. The van der Waals surface area contributed by atoms with E-state index >= 15 is 0 Å². The van der Waals surface area contributed by atoms with Crippen LogP contribution >= 0.6 is 9.39 Å². The van der Waals surface area contributed by atoms with Crippen LogP contribution in [0.15, 0.2) is 18.2 Å². The lowest BCUT2D eigenvalue weighted by atomic mass is 10.2. The van der Waals surface area contributed by atoms with Crippen molar-refractivity contribution in [3.63, 3.8) is 0 Å². The first-order chi connectivity index (χ1) is 6.31. The van der Waals surface area contributed by atoms with Gasteiger partial charge in [-0.3, -0.25) is 5.09 Å². The van der Waals surface area contributed by atoms with Crippen LogP contribution < -0.4 is 14.6 Å². The Kier molecular flexibility index (Phi) is 4.00. The molecule has 3 nitrogen and oxygen atoms in total. The highest BCUT2D eigenvalue weighted by Crippen LogP contribution is 2.27. The molecule has 1 aromatic carbocycles. The Balaban J connectivity index is 2.91. The van der Waals surface area contributed by atoms with Crippen molar-refractivity contribution in [1.29, 1.82) is 0 Å². The van der Waals surface area contributed by atoms with E-state index in [2.05, 4.69) is 14.5 Å². The summed E-state index contributed by atoms with van der Waals surface area (Å²) in [5.41, 5.74) is 1.16. The Morgan fingerprint density at radius 1 is 1.23 bits per heavy atom. The van der Waals surface area contributed by atoms with E-state index in [1.165, 1.54) is 0 Å². The molecule has 0 aliphatic heterocycles. The van der Waals surface area contributed by atoms with Crippen molar-refractivity contribution in [2.45, 2.75) is 6.54 Å². The largest absolute Gasteiger partial charge is 0.493 e.